The van der Waals surface area contributed by atoms with Crippen LogP contribution in [0.25, 0.3) is 0 Å². The van der Waals surface area contributed by atoms with Gasteiger partial charge >= 0.3 is 0 Å². The summed E-state index contributed by atoms with van der Waals surface area (Å²) in [5.74, 6) is 1.69. The van der Waals surface area contributed by atoms with Crippen LogP contribution < -0.4 is 0 Å². The first-order valence-corrected chi connectivity index (χ1v) is 6.74. The fourth-order valence-electron chi connectivity index (χ4n) is 4.90. The van der Waals surface area contributed by atoms with Crippen molar-refractivity contribution >= 4 is 5.78 Å². The van der Waals surface area contributed by atoms with E-state index in [0.29, 0.717) is 24.2 Å². The maximum Gasteiger partial charge on any atom is 0.160 e. The monoisotopic (exact) mass is 234 g/mol. The highest BCUT2D eigenvalue weighted by atomic mass is 16.3. The molecule has 1 N–H and O–H groups in total. The Morgan fingerprint density at radius 3 is 2.65 bits per heavy atom. The lowest BCUT2D eigenvalue weighted by Crippen LogP contribution is -2.49. The molecule has 3 aliphatic rings. The van der Waals surface area contributed by atoms with Crippen molar-refractivity contribution < 1.29 is 9.90 Å². The van der Waals surface area contributed by atoms with Crippen LogP contribution in [0.2, 0.25) is 0 Å². The number of ketones is 1. The summed E-state index contributed by atoms with van der Waals surface area (Å²) in [4.78, 5) is 11.8. The number of allylic oxidation sites excluding steroid dienone is 2. The molecule has 0 amide bonds. The van der Waals surface area contributed by atoms with E-state index in [1.54, 1.807) is 0 Å². The zero-order chi connectivity index (χ0) is 12.4. The summed E-state index contributed by atoms with van der Waals surface area (Å²) in [6.07, 6.45) is 4.04. The van der Waals surface area contributed by atoms with Crippen molar-refractivity contribution in [3.05, 3.63) is 11.1 Å². The number of hydrogen-bond acceptors (Lipinski definition) is 2. The molecule has 17 heavy (non-hydrogen) atoms. The van der Waals surface area contributed by atoms with Gasteiger partial charge in [0.2, 0.25) is 0 Å². The Morgan fingerprint density at radius 2 is 2.06 bits per heavy atom. The normalized spacial score (nSPS) is 48.8. The molecule has 0 aliphatic heterocycles. The predicted molar refractivity (Wildman–Crippen MR) is 66.5 cm³/mol. The van der Waals surface area contributed by atoms with Crippen LogP contribution in [0.4, 0.5) is 0 Å². The van der Waals surface area contributed by atoms with Gasteiger partial charge in [0.25, 0.3) is 0 Å². The van der Waals surface area contributed by atoms with E-state index in [1.165, 1.54) is 5.57 Å². The lowest BCUT2D eigenvalue weighted by molar-refractivity contribution is -0.127. The first-order chi connectivity index (χ1) is 7.89. The zero-order valence-electron chi connectivity index (χ0n) is 11.0. The minimum Gasteiger partial charge on any atom is -0.396 e. The third-order valence-electron chi connectivity index (χ3n) is 5.61. The van der Waals surface area contributed by atoms with E-state index in [0.717, 1.165) is 31.3 Å². The quantitative estimate of drug-likeness (QED) is 0.757. The second-order valence-corrected chi connectivity index (χ2v) is 7.12. The highest BCUT2D eigenvalue weighted by Gasteiger charge is 2.59. The first-order valence-electron chi connectivity index (χ1n) is 6.74. The van der Waals surface area contributed by atoms with Gasteiger partial charge in [-0.3, -0.25) is 4.79 Å². The Labute approximate surface area is 103 Å². The molecule has 0 aromatic rings. The summed E-state index contributed by atoms with van der Waals surface area (Å²) in [6.45, 7) is 6.89. The molecule has 3 rings (SSSR count). The highest BCUT2D eigenvalue weighted by molar-refractivity contribution is 6.05. The molecule has 0 aromatic carbocycles. The molecule has 0 unspecified atom stereocenters. The van der Waals surface area contributed by atoms with E-state index >= 15 is 0 Å². The molecular formula is C15H22O2. The predicted octanol–water partition coefficient (Wildman–Crippen LogP) is 2.71. The van der Waals surface area contributed by atoms with E-state index in [-0.39, 0.29) is 10.8 Å². The van der Waals surface area contributed by atoms with E-state index in [4.69, 9.17) is 0 Å². The molecule has 2 fully saturated rings. The van der Waals surface area contributed by atoms with E-state index < -0.39 is 0 Å². The van der Waals surface area contributed by atoms with Gasteiger partial charge in [0.1, 0.15) is 0 Å². The average molecular weight is 234 g/mol. The molecule has 0 radical (unpaired) electrons. The van der Waals surface area contributed by atoms with Gasteiger partial charge in [-0.1, -0.05) is 19.4 Å². The van der Waals surface area contributed by atoms with Crippen molar-refractivity contribution in [2.24, 2.45) is 22.7 Å². The van der Waals surface area contributed by atoms with Crippen molar-refractivity contribution in [2.45, 2.75) is 46.5 Å². The summed E-state index contributed by atoms with van der Waals surface area (Å²) in [5.41, 5.74) is 2.69. The van der Waals surface area contributed by atoms with Crippen LogP contribution in [-0.2, 0) is 4.79 Å². The fraction of sp³-hybridized carbons (Fsp3) is 0.800. The molecule has 3 aliphatic carbocycles. The number of rotatable bonds is 1. The van der Waals surface area contributed by atoms with Crippen molar-refractivity contribution in [1.82, 2.24) is 0 Å². The standard InChI is InChI=1S/C15H22O2/c1-9-4-10-5-14(2,8-16)6-11(10)15(3)7-12(17)13(9)15/h10-11,16H,4-8H2,1-3H3/t10-,11+,14-,15-/m1/s1. The molecule has 2 saturated carbocycles. The summed E-state index contributed by atoms with van der Waals surface area (Å²) < 4.78 is 0. The topological polar surface area (TPSA) is 37.3 Å². The van der Waals surface area contributed by atoms with Crippen LogP contribution in [-0.4, -0.2) is 17.5 Å². The van der Waals surface area contributed by atoms with Gasteiger partial charge in [0.15, 0.2) is 5.78 Å². The SMILES string of the molecule is CC1=C2C(=O)C[C@]2(C)[C@H]2C[C@](C)(CO)C[C@H]2C1. The second kappa shape index (κ2) is 3.23. The minimum atomic E-state index is 0.0900. The summed E-state index contributed by atoms with van der Waals surface area (Å²) in [7, 11) is 0. The number of carbonyl (C=O) groups is 1. The van der Waals surface area contributed by atoms with E-state index in [1.807, 2.05) is 0 Å². The Hall–Kier alpha value is -0.630. The van der Waals surface area contributed by atoms with Crippen LogP contribution in [0.5, 0.6) is 0 Å². The highest BCUT2D eigenvalue weighted by Crippen LogP contribution is 2.64. The van der Waals surface area contributed by atoms with Gasteiger partial charge in [-0.25, -0.2) is 0 Å². The molecule has 0 heterocycles. The van der Waals surface area contributed by atoms with Gasteiger partial charge in [0.05, 0.1) is 0 Å². The maximum atomic E-state index is 11.8. The maximum absolute atomic E-state index is 11.8. The molecule has 2 heteroatoms. The average Bonchev–Trinajstić information content (AvgIpc) is 2.55. The summed E-state index contributed by atoms with van der Waals surface area (Å²) in [5, 5.41) is 9.56. The third-order valence-corrected chi connectivity index (χ3v) is 5.61. The van der Waals surface area contributed by atoms with Gasteiger partial charge in [-0.05, 0) is 43.4 Å². The van der Waals surface area contributed by atoms with E-state index in [2.05, 4.69) is 20.8 Å². The number of fused-ring (bicyclic) bond motifs is 3. The van der Waals surface area contributed by atoms with E-state index in [9.17, 15) is 9.90 Å². The van der Waals surface area contributed by atoms with Crippen LogP contribution >= 0.6 is 0 Å². The zero-order valence-corrected chi connectivity index (χ0v) is 11.0. The lowest BCUT2D eigenvalue weighted by atomic mass is 9.51. The van der Waals surface area contributed by atoms with Crippen molar-refractivity contribution in [2.75, 3.05) is 6.61 Å². The van der Waals surface area contributed by atoms with Gasteiger partial charge < -0.3 is 5.11 Å². The molecule has 2 nitrogen and oxygen atoms in total. The number of carbonyl (C=O) groups excluding carboxylic acids is 1. The summed E-state index contributed by atoms with van der Waals surface area (Å²) >= 11 is 0. The smallest absolute Gasteiger partial charge is 0.160 e. The Kier molecular flexibility index (Phi) is 2.17. The van der Waals surface area contributed by atoms with Crippen molar-refractivity contribution in [3.8, 4) is 0 Å². The van der Waals surface area contributed by atoms with Gasteiger partial charge in [-0.15, -0.1) is 0 Å². The number of Topliss-reactive ketones (excluding diaryl/α,β-unsaturated/α-hetero) is 1. The largest absolute Gasteiger partial charge is 0.396 e. The summed E-state index contributed by atoms with van der Waals surface area (Å²) in [6, 6.07) is 0. The van der Waals surface area contributed by atoms with Crippen LogP contribution in [0.3, 0.4) is 0 Å². The Morgan fingerprint density at radius 1 is 1.35 bits per heavy atom. The van der Waals surface area contributed by atoms with Crippen LogP contribution in [0.15, 0.2) is 11.1 Å². The lowest BCUT2D eigenvalue weighted by Gasteiger charge is -2.51. The first kappa shape index (κ1) is 11.5. The molecule has 94 valence electrons. The number of aliphatic hydroxyl groups is 1. The van der Waals surface area contributed by atoms with Gasteiger partial charge in [0, 0.05) is 24.0 Å². The Bertz CT molecular complexity index is 423. The molecule has 0 spiro atoms. The van der Waals surface area contributed by atoms with Crippen LogP contribution in [0, 0.1) is 22.7 Å². The third kappa shape index (κ3) is 1.33. The Balaban J connectivity index is 1.97. The molecule has 0 saturated heterocycles. The molecular weight excluding hydrogens is 212 g/mol. The van der Waals surface area contributed by atoms with Crippen LogP contribution in [0.1, 0.15) is 46.5 Å². The van der Waals surface area contributed by atoms with Gasteiger partial charge in [-0.2, -0.15) is 0 Å². The van der Waals surface area contributed by atoms with Crippen molar-refractivity contribution in [1.29, 1.82) is 0 Å². The molecule has 4 atom stereocenters. The number of aliphatic hydroxyl groups excluding tert-OH is 1. The van der Waals surface area contributed by atoms with Crippen molar-refractivity contribution in [3.63, 3.8) is 0 Å². The minimum absolute atomic E-state index is 0.0900. The molecule has 0 aromatic heterocycles. The second-order valence-electron chi connectivity index (χ2n) is 7.12. The molecule has 0 bridgehead atoms. The fourth-order valence-corrected chi connectivity index (χ4v) is 4.90. The number of hydrogen-bond donors (Lipinski definition) is 1.